The largest absolute Gasteiger partial charge is 0.295 e. The van der Waals surface area contributed by atoms with Crippen LogP contribution in [0.2, 0.25) is 0 Å². The number of ketones is 3. The van der Waals surface area contributed by atoms with Gasteiger partial charge in [0.1, 0.15) is 17.0 Å². The number of rotatable bonds is 13. The van der Waals surface area contributed by atoms with Gasteiger partial charge in [-0.15, -0.1) is 0 Å². The van der Waals surface area contributed by atoms with Gasteiger partial charge in [0.25, 0.3) is 0 Å². The molecule has 0 atom stereocenters. The maximum Gasteiger partial charge on any atom is 0.222 e. The summed E-state index contributed by atoms with van der Waals surface area (Å²) in [5, 5.41) is 6.59. The Bertz CT molecular complexity index is 3170. The summed E-state index contributed by atoms with van der Waals surface area (Å²) in [6.45, 7) is 4.76. The normalized spacial score (nSPS) is 11.3. The van der Waals surface area contributed by atoms with Gasteiger partial charge >= 0.3 is 0 Å². The lowest BCUT2D eigenvalue weighted by Crippen LogP contribution is -2.77. The first-order chi connectivity index (χ1) is 34.8. The Balaban J connectivity index is 0.000000192. The predicted octanol–water partition coefficient (Wildman–Crippen LogP) is 14.2. The van der Waals surface area contributed by atoms with E-state index in [-0.39, 0.29) is 50.1 Å². The molecule has 7 aromatic carbocycles. The van der Waals surface area contributed by atoms with E-state index >= 15 is 17.6 Å². The Morgan fingerprint density at radius 3 is 0.806 bits per heavy atom. The zero-order chi connectivity index (χ0) is 50.5. The first kappa shape index (κ1) is 49.8. The van der Waals surface area contributed by atoms with E-state index in [4.69, 9.17) is 0 Å². The minimum absolute atomic E-state index is 0.0211. The Labute approximate surface area is 430 Å². The summed E-state index contributed by atoms with van der Waals surface area (Å²) in [6, 6.07) is 53.3. The van der Waals surface area contributed by atoms with E-state index in [1.807, 2.05) is 72.8 Å². The number of hydrogen-bond acceptors (Lipinski definition) is 6. The third-order valence-electron chi connectivity index (χ3n) is 12.7. The molecule has 0 amide bonds. The van der Waals surface area contributed by atoms with Gasteiger partial charge in [-0.2, -0.15) is 21.9 Å². The molecule has 0 unspecified atom stereocenters. The molecule has 10 rings (SSSR count). The van der Waals surface area contributed by atoms with Gasteiger partial charge in [-0.1, -0.05) is 180 Å². The number of hydrogen-bond donors (Lipinski definition) is 0. The standard InChI is InChI=1S/C36H27O3S4.C24H16BF4/c1-22(37)25-4-10-28(11-5-25)31-16-34(40-19-31)43(35-17-32(20-41-35)29-12-6-26(7-13-29)23(2)38)36-18-33(21-42-36)30-14-8-27(9-15-30)24(3)39;26-21-13-5-1-9-17(21)25(18-10-2-6-14-22(18)27,19-11-3-7-15-23(19)28)20-12-4-8-16-24(20)29/h4-21H,1-3H3;1-16H/q+1;-1. The predicted molar refractivity (Wildman–Crippen MR) is 291 cm³/mol. The molecule has 0 aliphatic rings. The fourth-order valence-corrected chi connectivity index (χ4v) is 16.0. The first-order valence-corrected chi connectivity index (χ1v) is 26.7. The molecule has 0 fully saturated rings. The first-order valence-electron chi connectivity index (χ1n) is 22.8. The number of benzene rings is 7. The van der Waals surface area contributed by atoms with E-state index in [2.05, 4.69) is 34.3 Å². The average molecular weight is 1030 g/mol. The smallest absolute Gasteiger partial charge is 0.222 e. The van der Waals surface area contributed by atoms with Crippen molar-refractivity contribution >= 4 is 90.3 Å². The van der Waals surface area contributed by atoms with Gasteiger partial charge in [0.2, 0.25) is 12.6 Å². The molecule has 3 heterocycles. The minimum Gasteiger partial charge on any atom is -0.295 e. The van der Waals surface area contributed by atoms with Crippen LogP contribution in [0.15, 0.2) is 217 Å². The zero-order valence-electron chi connectivity index (χ0n) is 39.1. The number of Topliss-reactive ketones (excluding diaryl/α,β-unsaturated/α-hetero) is 3. The van der Waals surface area contributed by atoms with Crippen LogP contribution in [0.5, 0.6) is 0 Å². The number of carbonyl (C=O) groups is 3. The third kappa shape index (κ3) is 10.1. The van der Waals surface area contributed by atoms with E-state index in [0.29, 0.717) is 16.7 Å². The fraction of sp³-hybridized carbons (Fsp3) is 0.0500. The van der Waals surface area contributed by atoms with E-state index < -0.39 is 29.4 Å². The van der Waals surface area contributed by atoms with Crippen LogP contribution in [-0.4, -0.2) is 23.5 Å². The van der Waals surface area contributed by atoms with E-state index in [0.717, 1.165) is 33.4 Å². The molecule has 0 spiro atoms. The average Bonchev–Trinajstić information content (AvgIpc) is 4.20. The van der Waals surface area contributed by atoms with Crippen LogP contribution < -0.4 is 21.9 Å². The summed E-state index contributed by atoms with van der Waals surface area (Å²) in [4.78, 5) is 35.3. The highest BCUT2D eigenvalue weighted by Gasteiger charge is 2.39. The molecule has 0 radical (unpaired) electrons. The lowest BCUT2D eigenvalue weighted by atomic mass is 9.12. The highest BCUT2D eigenvalue weighted by Crippen LogP contribution is 2.44. The summed E-state index contributed by atoms with van der Waals surface area (Å²) in [6.07, 6.45) is -2.82. The maximum absolute atomic E-state index is 15.2. The van der Waals surface area contributed by atoms with Crippen LogP contribution in [0.4, 0.5) is 17.6 Å². The van der Waals surface area contributed by atoms with Crippen molar-refractivity contribution in [2.24, 2.45) is 0 Å². The summed E-state index contributed by atoms with van der Waals surface area (Å²) >= 11 is 5.27. The molecular weight excluding hydrogens is 984 g/mol. The molecule has 3 nitrogen and oxygen atoms in total. The van der Waals surface area contributed by atoms with Crippen molar-refractivity contribution in [3.63, 3.8) is 0 Å². The van der Waals surface area contributed by atoms with Gasteiger partial charge in [0.05, 0.1) is 23.3 Å². The molecule has 0 saturated carbocycles. The van der Waals surface area contributed by atoms with Crippen molar-refractivity contribution in [3.8, 4) is 33.4 Å². The van der Waals surface area contributed by atoms with Crippen molar-refractivity contribution < 1.29 is 31.9 Å². The summed E-state index contributed by atoms with van der Waals surface area (Å²) < 4.78 is 64.5. The van der Waals surface area contributed by atoms with Crippen molar-refractivity contribution in [1.82, 2.24) is 0 Å². The molecule has 12 heteroatoms. The van der Waals surface area contributed by atoms with Crippen molar-refractivity contribution in [2.75, 3.05) is 0 Å². The third-order valence-corrected chi connectivity index (χ3v) is 18.8. The second-order valence-corrected chi connectivity index (χ2v) is 22.6. The maximum atomic E-state index is 15.2. The Morgan fingerprint density at radius 1 is 0.347 bits per heavy atom. The Morgan fingerprint density at radius 2 is 0.583 bits per heavy atom. The van der Waals surface area contributed by atoms with Crippen molar-refractivity contribution in [2.45, 2.75) is 33.4 Å². The van der Waals surface area contributed by atoms with Gasteiger partial charge < -0.3 is 0 Å². The van der Waals surface area contributed by atoms with E-state index in [1.54, 1.807) is 79.0 Å². The molecule has 3 aromatic heterocycles. The van der Waals surface area contributed by atoms with Crippen LogP contribution in [0, 0.1) is 23.3 Å². The summed E-state index contributed by atoms with van der Waals surface area (Å²) in [5.74, 6) is -2.47. The molecule has 10 aromatic rings. The topological polar surface area (TPSA) is 51.2 Å². The lowest BCUT2D eigenvalue weighted by Gasteiger charge is -2.44. The lowest BCUT2D eigenvalue weighted by molar-refractivity contribution is 0.100. The molecule has 0 N–H and O–H groups in total. The van der Waals surface area contributed by atoms with Crippen LogP contribution >= 0.6 is 34.0 Å². The van der Waals surface area contributed by atoms with E-state index in [9.17, 15) is 14.4 Å². The van der Waals surface area contributed by atoms with Crippen LogP contribution in [-0.2, 0) is 10.9 Å². The van der Waals surface area contributed by atoms with Crippen molar-refractivity contribution in [3.05, 3.63) is 244 Å². The Hall–Kier alpha value is -7.22. The van der Waals surface area contributed by atoms with Crippen molar-refractivity contribution in [1.29, 1.82) is 0 Å². The molecule has 356 valence electrons. The molecule has 0 aliphatic heterocycles. The number of carbonyl (C=O) groups excluding carboxylic acids is 3. The van der Waals surface area contributed by atoms with Crippen LogP contribution in [0.1, 0.15) is 51.8 Å². The van der Waals surface area contributed by atoms with Gasteiger partial charge in [0, 0.05) is 51.0 Å². The quantitative estimate of drug-likeness (QED) is 0.0500. The Kier molecular flexibility index (Phi) is 15.0. The zero-order valence-corrected chi connectivity index (χ0v) is 42.3. The highest BCUT2D eigenvalue weighted by molar-refractivity contribution is 8.02. The SMILES string of the molecule is CC(=O)c1ccc(-c2csc([S+](c3cc(-c4ccc(C(C)=O)cc4)cs3)c3cc(-c4ccc(C(C)=O)cc4)cs3)c2)cc1.Fc1ccccc1[B-](c1ccccc1F)(c1ccccc1F)c1ccccc1F. The van der Waals surface area contributed by atoms with Crippen LogP contribution in [0.25, 0.3) is 33.4 Å². The second kappa shape index (κ2) is 21.6. The monoisotopic (exact) mass is 1030 g/mol. The molecule has 0 bridgehead atoms. The number of halogens is 4. The summed E-state index contributed by atoms with van der Waals surface area (Å²) in [7, 11) is -0.315. The fourth-order valence-electron chi connectivity index (χ4n) is 9.02. The van der Waals surface area contributed by atoms with E-state index in [1.165, 1.54) is 85.4 Å². The molecule has 0 saturated heterocycles. The summed E-state index contributed by atoms with van der Waals surface area (Å²) in [5.41, 5.74) is 8.91. The van der Waals surface area contributed by atoms with Gasteiger partial charge in [0.15, 0.2) is 17.3 Å². The highest BCUT2D eigenvalue weighted by atomic mass is 32.3. The number of thiophene rings is 3. The van der Waals surface area contributed by atoms with Crippen LogP contribution in [0.3, 0.4) is 0 Å². The molecule has 0 aliphatic carbocycles. The second-order valence-electron chi connectivity index (χ2n) is 17.1. The molecule has 72 heavy (non-hydrogen) atoms. The van der Waals surface area contributed by atoms with Gasteiger partial charge in [-0.05, 0) is 78.4 Å². The minimum atomic E-state index is -2.82. The molecular formula is C60H43BF4O3S4. The van der Waals surface area contributed by atoms with Gasteiger partial charge in [-0.3, -0.25) is 14.4 Å². The van der Waals surface area contributed by atoms with Gasteiger partial charge in [-0.25, -0.2) is 17.6 Å².